The Kier molecular flexibility index (Phi) is 0.760. The third-order valence-electron chi connectivity index (χ3n) is 3.57. The second kappa shape index (κ2) is 1.20. The SMILES string of the molecule is CC(O)C1(C)CC12CC2. The molecule has 0 aromatic carbocycles. The molecule has 1 nitrogen and oxygen atoms in total. The molecule has 2 rings (SSSR count). The number of hydrogen-bond acceptors (Lipinski definition) is 1. The summed E-state index contributed by atoms with van der Waals surface area (Å²) in [7, 11) is 0. The van der Waals surface area contributed by atoms with Gasteiger partial charge in [-0.3, -0.25) is 0 Å². The van der Waals surface area contributed by atoms with E-state index in [-0.39, 0.29) is 6.10 Å². The first kappa shape index (κ1) is 5.72. The van der Waals surface area contributed by atoms with E-state index in [0.717, 1.165) is 0 Å². The minimum Gasteiger partial charge on any atom is -0.393 e. The zero-order valence-corrected chi connectivity index (χ0v) is 6.15. The second-order valence-corrected chi connectivity index (χ2v) is 4.05. The van der Waals surface area contributed by atoms with E-state index in [1.54, 1.807) is 0 Å². The molecule has 0 heterocycles. The van der Waals surface area contributed by atoms with Gasteiger partial charge >= 0.3 is 0 Å². The summed E-state index contributed by atoms with van der Waals surface area (Å²) in [5, 5.41) is 9.33. The number of aliphatic hydroxyl groups is 1. The van der Waals surface area contributed by atoms with E-state index in [0.29, 0.717) is 10.8 Å². The van der Waals surface area contributed by atoms with Gasteiger partial charge in [0.1, 0.15) is 0 Å². The molecular weight excluding hydrogens is 112 g/mol. The first-order valence-corrected chi connectivity index (χ1v) is 3.79. The third kappa shape index (κ3) is 0.493. The van der Waals surface area contributed by atoms with Crippen molar-refractivity contribution in [1.29, 1.82) is 0 Å². The van der Waals surface area contributed by atoms with Crippen LogP contribution in [0.1, 0.15) is 33.1 Å². The molecule has 52 valence electrons. The Morgan fingerprint density at radius 3 is 2.11 bits per heavy atom. The first-order chi connectivity index (χ1) is 4.11. The maximum absolute atomic E-state index is 9.33. The van der Waals surface area contributed by atoms with Crippen LogP contribution >= 0.6 is 0 Å². The molecule has 2 saturated carbocycles. The van der Waals surface area contributed by atoms with Gasteiger partial charge < -0.3 is 5.11 Å². The van der Waals surface area contributed by atoms with Gasteiger partial charge in [0.2, 0.25) is 0 Å². The predicted molar refractivity (Wildman–Crippen MR) is 36.1 cm³/mol. The maximum atomic E-state index is 9.33. The summed E-state index contributed by atoms with van der Waals surface area (Å²) in [4.78, 5) is 0. The van der Waals surface area contributed by atoms with Crippen LogP contribution in [0.15, 0.2) is 0 Å². The van der Waals surface area contributed by atoms with Gasteiger partial charge in [-0.25, -0.2) is 0 Å². The lowest BCUT2D eigenvalue weighted by Crippen LogP contribution is -2.16. The van der Waals surface area contributed by atoms with Gasteiger partial charge in [-0.15, -0.1) is 0 Å². The van der Waals surface area contributed by atoms with Crippen LogP contribution in [0.5, 0.6) is 0 Å². The summed E-state index contributed by atoms with van der Waals surface area (Å²) in [5.74, 6) is 0. The molecule has 2 aliphatic carbocycles. The molecule has 0 saturated heterocycles. The van der Waals surface area contributed by atoms with Crippen molar-refractivity contribution in [3.63, 3.8) is 0 Å². The summed E-state index contributed by atoms with van der Waals surface area (Å²) in [5.41, 5.74) is 0.939. The third-order valence-corrected chi connectivity index (χ3v) is 3.57. The minimum absolute atomic E-state index is 0.0833. The van der Waals surface area contributed by atoms with E-state index in [4.69, 9.17) is 0 Å². The molecule has 0 aliphatic heterocycles. The highest BCUT2D eigenvalue weighted by molar-refractivity contribution is 5.22. The van der Waals surface area contributed by atoms with Crippen LogP contribution in [0.2, 0.25) is 0 Å². The Balaban J connectivity index is 2.12. The van der Waals surface area contributed by atoms with Crippen LogP contribution in [0.3, 0.4) is 0 Å². The van der Waals surface area contributed by atoms with E-state index in [1.165, 1.54) is 19.3 Å². The molecule has 0 amide bonds. The lowest BCUT2D eigenvalue weighted by atomic mass is 9.99. The van der Waals surface area contributed by atoms with Gasteiger partial charge in [-0.1, -0.05) is 6.92 Å². The highest BCUT2D eigenvalue weighted by Crippen LogP contribution is 2.79. The van der Waals surface area contributed by atoms with Crippen LogP contribution in [0, 0.1) is 10.8 Å². The lowest BCUT2D eigenvalue weighted by Gasteiger charge is -2.13. The summed E-state index contributed by atoms with van der Waals surface area (Å²) < 4.78 is 0. The average molecular weight is 126 g/mol. The predicted octanol–water partition coefficient (Wildman–Crippen LogP) is 1.56. The number of aliphatic hydroxyl groups excluding tert-OH is 1. The fraction of sp³-hybridized carbons (Fsp3) is 1.00. The van der Waals surface area contributed by atoms with Crippen molar-refractivity contribution in [3.8, 4) is 0 Å². The molecule has 2 unspecified atom stereocenters. The van der Waals surface area contributed by atoms with Gasteiger partial charge in [0, 0.05) is 0 Å². The number of hydrogen-bond donors (Lipinski definition) is 1. The van der Waals surface area contributed by atoms with Gasteiger partial charge in [-0.2, -0.15) is 0 Å². The molecule has 0 aromatic heterocycles. The van der Waals surface area contributed by atoms with Crippen LogP contribution in [0.4, 0.5) is 0 Å². The lowest BCUT2D eigenvalue weighted by molar-refractivity contribution is 0.108. The monoisotopic (exact) mass is 126 g/mol. The normalized spacial score (nSPS) is 47.0. The summed E-state index contributed by atoms with van der Waals surface area (Å²) in [6, 6.07) is 0. The van der Waals surface area contributed by atoms with E-state index in [9.17, 15) is 5.11 Å². The Bertz CT molecular complexity index is 147. The molecule has 1 N–H and O–H groups in total. The van der Waals surface area contributed by atoms with Crippen molar-refractivity contribution in [3.05, 3.63) is 0 Å². The molecule has 9 heavy (non-hydrogen) atoms. The summed E-state index contributed by atoms with van der Waals surface area (Å²) in [6.07, 6.45) is 3.93. The smallest absolute Gasteiger partial charge is 0.0571 e. The molecule has 2 aliphatic rings. The van der Waals surface area contributed by atoms with Crippen molar-refractivity contribution < 1.29 is 5.11 Å². The summed E-state index contributed by atoms with van der Waals surface area (Å²) in [6.45, 7) is 4.14. The fourth-order valence-corrected chi connectivity index (χ4v) is 2.15. The maximum Gasteiger partial charge on any atom is 0.0571 e. The molecule has 0 bridgehead atoms. The molecule has 0 radical (unpaired) electrons. The van der Waals surface area contributed by atoms with E-state index >= 15 is 0 Å². The standard InChI is InChI=1S/C8H14O/c1-6(9)7(2)5-8(7)3-4-8/h6,9H,3-5H2,1-2H3. The first-order valence-electron chi connectivity index (χ1n) is 3.79. The van der Waals surface area contributed by atoms with Crippen molar-refractivity contribution in [2.75, 3.05) is 0 Å². The molecule has 1 spiro atoms. The van der Waals surface area contributed by atoms with Crippen molar-refractivity contribution in [1.82, 2.24) is 0 Å². The van der Waals surface area contributed by atoms with E-state index < -0.39 is 0 Å². The second-order valence-electron chi connectivity index (χ2n) is 4.05. The Labute approximate surface area is 56.1 Å². The molecular formula is C8H14O. The summed E-state index contributed by atoms with van der Waals surface area (Å²) >= 11 is 0. The van der Waals surface area contributed by atoms with Crippen LogP contribution in [0.25, 0.3) is 0 Å². The van der Waals surface area contributed by atoms with Crippen LogP contribution < -0.4 is 0 Å². The van der Waals surface area contributed by atoms with E-state index in [2.05, 4.69) is 6.92 Å². The highest BCUT2D eigenvalue weighted by atomic mass is 16.3. The zero-order valence-electron chi connectivity index (χ0n) is 6.15. The highest BCUT2D eigenvalue weighted by Gasteiger charge is 2.72. The molecule has 1 heteroatoms. The Morgan fingerprint density at radius 2 is 2.00 bits per heavy atom. The van der Waals surface area contributed by atoms with Gasteiger partial charge in [0.15, 0.2) is 0 Å². The quantitative estimate of drug-likeness (QED) is 0.565. The number of rotatable bonds is 1. The van der Waals surface area contributed by atoms with Crippen molar-refractivity contribution in [2.45, 2.75) is 39.2 Å². The zero-order chi connectivity index (χ0) is 6.70. The van der Waals surface area contributed by atoms with Crippen molar-refractivity contribution >= 4 is 0 Å². The van der Waals surface area contributed by atoms with Crippen LogP contribution in [-0.2, 0) is 0 Å². The van der Waals surface area contributed by atoms with Crippen LogP contribution in [-0.4, -0.2) is 11.2 Å². The minimum atomic E-state index is -0.0833. The fourth-order valence-electron chi connectivity index (χ4n) is 2.15. The van der Waals surface area contributed by atoms with E-state index in [1.807, 2.05) is 6.92 Å². The Hall–Kier alpha value is -0.0400. The largest absolute Gasteiger partial charge is 0.393 e. The van der Waals surface area contributed by atoms with Gasteiger partial charge in [0.05, 0.1) is 6.10 Å². The topological polar surface area (TPSA) is 20.2 Å². The van der Waals surface area contributed by atoms with Gasteiger partial charge in [-0.05, 0) is 37.0 Å². The van der Waals surface area contributed by atoms with Crippen molar-refractivity contribution in [2.24, 2.45) is 10.8 Å². The molecule has 0 aromatic rings. The molecule has 2 fully saturated rings. The van der Waals surface area contributed by atoms with Gasteiger partial charge in [0.25, 0.3) is 0 Å². The average Bonchev–Trinajstić information content (AvgIpc) is 2.56. The Morgan fingerprint density at radius 1 is 1.44 bits per heavy atom. The molecule has 2 atom stereocenters.